The maximum Gasteiger partial charge on any atom is 0.172 e. The fourth-order valence-corrected chi connectivity index (χ4v) is 8.43. The van der Waals surface area contributed by atoms with E-state index in [1.54, 1.807) is 0 Å². The Hall–Kier alpha value is -6.56. The van der Waals surface area contributed by atoms with E-state index in [1.807, 2.05) is 41.7 Å². The number of ether oxygens (including phenoxy) is 2. The molecule has 0 bridgehead atoms. The van der Waals surface area contributed by atoms with Gasteiger partial charge in [0.15, 0.2) is 23.0 Å². The number of anilines is 6. The second kappa shape index (κ2) is 12.1. The Balaban J connectivity index is 1.16. The molecule has 0 saturated carbocycles. The molecule has 1 aliphatic rings. The lowest BCUT2D eigenvalue weighted by atomic mass is 10.1. The molecule has 0 spiro atoms. The van der Waals surface area contributed by atoms with Crippen LogP contribution in [-0.4, -0.2) is 0 Å². The molecule has 9 aromatic rings. The van der Waals surface area contributed by atoms with Crippen molar-refractivity contribution in [3.8, 4) is 23.0 Å². The second-order valence-electron chi connectivity index (χ2n) is 12.6. The number of hydrogen-bond donors (Lipinski definition) is 0. The highest BCUT2D eigenvalue weighted by Gasteiger charge is 2.24. The average molecular weight is 675 g/mol. The minimum Gasteiger partial charge on any atom is -0.450 e. The van der Waals surface area contributed by atoms with E-state index in [4.69, 9.17) is 9.47 Å². The van der Waals surface area contributed by atoms with E-state index in [0.29, 0.717) is 17.2 Å². The minimum absolute atomic E-state index is 0.687. The number of hydrogen-bond acceptors (Lipinski definition) is 5. The van der Waals surface area contributed by atoms with Crippen LogP contribution in [0.4, 0.5) is 34.1 Å². The quantitative estimate of drug-likeness (QED) is 0.175. The van der Waals surface area contributed by atoms with E-state index >= 15 is 0 Å². The van der Waals surface area contributed by atoms with Crippen LogP contribution in [0.15, 0.2) is 182 Å². The highest BCUT2D eigenvalue weighted by atomic mass is 32.1. The zero-order chi connectivity index (χ0) is 33.7. The predicted molar refractivity (Wildman–Crippen MR) is 213 cm³/mol. The van der Waals surface area contributed by atoms with Gasteiger partial charge in [-0.3, -0.25) is 0 Å². The van der Waals surface area contributed by atoms with Gasteiger partial charge in [0.05, 0.1) is 26.5 Å². The van der Waals surface area contributed by atoms with E-state index in [-0.39, 0.29) is 0 Å². The predicted octanol–water partition coefficient (Wildman–Crippen LogP) is 14.0. The van der Waals surface area contributed by atoms with Crippen LogP contribution >= 0.6 is 11.3 Å². The highest BCUT2D eigenvalue weighted by molar-refractivity contribution is 7.27. The molecule has 0 fully saturated rings. The number of fused-ring (bicyclic) bond motifs is 6. The Morgan fingerprint density at radius 2 is 0.824 bits per heavy atom. The highest BCUT2D eigenvalue weighted by Crippen LogP contribution is 2.51. The molecule has 2 heterocycles. The van der Waals surface area contributed by atoms with Crippen molar-refractivity contribution in [1.82, 2.24) is 0 Å². The molecule has 10 rings (SSSR count). The van der Waals surface area contributed by atoms with Gasteiger partial charge in [-0.1, -0.05) is 103 Å². The molecule has 0 radical (unpaired) electrons. The summed E-state index contributed by atoms with van der Waals surface area (Å²) in [6.07, 6.45) is 0. The standard InChI is InChI=1S/C46H30N2O2S/c1-3-15-33(16-4-1)47(35-26-25-31-13-7-8-14-32(31)29-35)39-21-11-19-37-38-20-12-22-40(46(38)51-45(37)39)48(34-17-5-2-6-18-34)36-27-28-43-44(30-36)50-42-24-10-9-23-41(42)49-43/h1-30H. The zero-order valence-electron chi connectivity index (χ0n) is 27.4. The molecule has 51 heavy (non-hydrogen) atoms. The maximum absolute atomic E-state index is 6.37. The van der Waals surface area contributed by atoms with Crippen molar-refractivity contribution in [3.05, 3.63) is 182 Å². The molecule has 4 nitrogen and oxygen atoms in total. The van der Waals surface area contributed by atoms with Crippen molar-refractivity contribution in [3.63, 3.8) is 0 Å². The summed E-state index contributed by atoms with van der Waals surface area (Å²) in [5.41, 5.74) is 6.51. The molecule has 1 aliphatic heterocycles. The first kappa shape index (κ1) is 29.4. The first-order valence-corrected chi connectivity index (χ1v) is 17.8. The number of benzene rings is 8. The van der Waals surface area contributed by atoms with E-state index < -0.39 is 0 Å². The number of nitrogens with zero attached hydrogens (tertiary/aromatic N) is 2. The maximum atomic E-state index is 6.37. The van der Waals surface area contributed by atoms with Gasteiger partial charge in [0.25, 0.3) is 0 Å². The molecule has 8 aromatic carbocycles. The van der Waals surface area contributed by atoms with Crippen LogP contribution in [0, 0.1) is 0 Å². The summed E-state index contributed by atoms with van der Waals surface area (Å²) in [5, 5.41) is 4.88. The third kappa shape index (κ3) is 5.06. The molecular formula is C46H30N2O2S. The summed E-state index contributed by atoms with van der Waals surface area (Å²) in [4.78, 5) is 4.71. The Morgan fingerprint density at radius 3 is 1.45 bits per heavy atom. The lowest BCUT2D eigenvalue weighted by molar-refractivity contribution is 0.360. The van der Waals surface area contributed by atoms with Gasteiger partial charge in [-0.25, -0.2) is 0 Å². The number of rotatable bonds is 6. The Labute approximate surface area is 299 Å². The zero-order valence-corrected chi connectivity index (χ0v) is 28.3. The number of para-hydroxylation sites is 4. The van der Waals surface area contributed by atoms with Gasteiger partial charge >= 0.3 is 0 Å². The van der Waals surface area contributed by atoms with Crippen LogP contribution in [-0.2, 0) is 0 Å². The smallest absolute Gasteiger partial charge is 0.172 e. The van der Waals surface area contributed by atoms with Crippen LogP contribution in [0.2, 0.25) is 0 Å². The Kier molecular flexibility index (Phi) is 6.96. The molecule has 0 aliphatic carbocycles. The van der Waals surface area contributed by atoms with Crippen LogP contribution in [0.3, 0.4) is 0 Å². The summed E-state index contributed by atoms with van der Waals surface area (Å²) in [7, 11) is 0. The van der Waals surface area contributed by atoms with Crippen LogP contribution < -0.4 is 19.3 Å². The first-order chi connectivity index (χ1) is 25.3. The molecule has 0 unspecified atom stereocenters. The summed E-state index contributed by atoms with van der Waals surface area (Å²) in [6, 6.07) is 63.7. The van der Waals surface area contributed by atoms with Crippen LogP contribution in [0.1, 0.15) is 0 Å². The molecule has 0 atom stereocenters. The van der Waals surface area contributed by atoms with Gasteiger partial charge in [0.1, 0.15) is 0 Å². The topological polar surface area (TPSA) is 24.9 Å². The monoisotopic (exact) mass is 674 g/mol. The molecule has 5 heteroatoms. The van der Waals surface area contributed by atoms with E-state index in [1.165, 1.54) is 30.9 Å². The summed E-state index contributed by atoms with van der Waals surface area (Å²) in [5.74, 6) is 2.82. The van der Waals surface area contributed by atoms with Gasteiger partial charge in [-0.05, 0) is 83.6 Å². The summed E-state index contributed by atoms with van der Waals surface area (Å²) < 4.78 is 15.0. The van der Waals surface area contributed by atoms with Crippen molar-refractivity contribution in [2.45, 2.75) is 0 Å². The lowest BCUT2D eigenvalue weighted by Crippen LogP contribution is -2.10. The third-order valence-electron chi connectivity index (χ3n) is 9.46. The fraction of sp³-hybridized carbons (Fsp3) is 0. The van der Waals surface area contributed by atoms with Crippen LogP contribution in [0.5, 0.6) is 23.0 Å². The van der Waals surface area contributed by atoms with Crippen LogP contribution in [0.25, 0.3) is 30.9 Å². The van der Waals surface area contributed by atoms with Crippen molar-refractivity contribution in [2.75, 3.05) is 9.80 Å². The molecule has 0 saturated heterocycles. The molecule has 242 valence electrons. The Bertz CT molecular complexity index is 2720. The van der Waals surface area contributed by atoms with Gasteiger partial charge in [-0.2, -0.15) is 0 Å². The van der Waals surface area contributed by atoms with Crippen molar-refractivity contribution < 1.29 is 9.47 Å². The van der Waals surface area contributed by atoms with E-state index in [0.717, 1.165) is 39.9 Å². The van der Waals surface area contributed by atoms with Crippen molar-refractivity contribution in [2.24, 2.45) is 0 Å². The number of thiophene rings is 1. The molecule has 0 amide bonds. The minimum atomic E-state index is 0.687. The largest absolute Gasteiger partial charge is 0.450 e. The average Bonchev–Trinajstić information content (AvgIpc) is 3.58. The van der Waals surface area contributed by atoms with Crippen molar-refractivity contribution in [1.29, 1.82) is 0 Å². The van der Waals surface area contributed by atoms with Gasteiger partial charge in [-0.15, -0.1) is 11.3 Å². The Morgan fingerprint density at radius 1 is 0.333 bits per heavy atom. The third-order valence-corrected chi connectivity index (χ3v) is 10.7. The van der Waals surface area contributed by atoms with Gasteiger partial charge in [0.2, 0.25) is 0 Å². The molecular weight excluding hydrogens is 645 g/mol. The van der Waals surface area contributed by atoms with E-state index in [2.05, 4.69) is 161 Å². The van der Waals surface area contributed by atoms with Crippen molar-refractivity contribution >= 4 is 76.4 Å². The second-order valence-corrected chi connectivity index (χ2v) is 13.6. The summed E-state index contributed by atoms with van der Waals surface area (Å²) >= 11 is 1.83. The summed E-state index contributed by atoms with van der Waals surface area (Å²) in [6.45, 7) is 0. The van der Waals surface area contributed by atoms with E-state index in [9.17, 15) is 0 Å². The molecule has 0 N–H and O–H groups in total. The fourth-order valence-electron chi connectivity index (χ4n) is 7.12. The normalized spacial score (nSPS) is 11.8. The van der Waals surface area contributed by atoms with Gasteiger partial charge < -0.3 is 19.3 Å². The first-order valence-electron chi connectivity index (χ1n) is 17.0. The SMILES string of the molecule is c1ccc(N(c2ccc3c(c2)Oc2ccccc2O3)c2cccc3c2sc2c(N(c4ccccc4)c4ccc5ccccc5c4)cccc23)cc1. The lowest BCUT2D eigenvalue weighted by Gasteiger charge is -2.28. The molecule has 1 aromatic heterocycles. The van der Waals surface area contributed by atoms with Gasteiger partial charge in [0, 0.05) is 33.9 Å².